The van der Waals surface area contributed by atoms with Gasteiger partial charge in [-0.15, -0.1) is 0 Å². The van der Waals surface area contributed by atoms with Gasteiger partial charge in [-0.05, 0) is 30.5 Å². The van der Waals surface area contributed by atoms with E-state index in [1.807, 2.05) is 54.8 Å². The molecule has 2 aromatic carbocycles. The molecule has 6 heteroatoms. The van der Waals surface area contributed by atoms with Crippen LogP contribution < -0.4 is 4.80 Å². The minimum atomic E-state index is -0.117. The molecule has 0 bridgehead atoms. The third kappa shape index (κ3) is 3.03. The maximum Gasteiger partial charge on any atom is 0.266 e. The van der Waals surface area contributed by atoms with E-state index in [0.29, 0.717) is 15.5 Å². The Hall–Kier alpha value is -2.18. The maximum atomic E-state index is 12.8. The monoisotopic (exact) mass is 327 g/mol. The summed E-state index contributed by atoms with van der Waals surface area (Å²) >= 11 is 2.65. The van der Waals surface area contributed by atoms with Crippen molar-refractivity contribution in [3.63, 3.8) is 0 Å². The van der Waals surface area contributed by atoms with Gasteiger partial charge in [0, 0.05) is 17.1 Å². The fraction of sp³-hybridized carbons (Fsp3) is 0.0625. The zero-order chi connectivity index (χ0) is 15.4. The molecule has 0 radical (unpaired) electrons. The first-order valence-electron chi connectivity index (χ1n) is 6.62. The number of benzene rings is 2. The molecule has 0 N–H and O–H groups in total. The largest absolute Gasteiger partial charge is 0.268 e. The van der Waals surface area contributed by atoms with Crippen LogP contribution in [0.25, 0.3) is 0 Å². The average molecular weight is 327 g/mol. The molecule has 3 rings (SSSR count). The van der Waals surface area contributed by atoms with Crippen molar-refractivity contribution in [2.24, 2.45) is 4.99 Å². The van der Waals surface area contributed by atoms with Gasteiger partial charge < -0.3 is 0 Å². The first-order valence-corrected chi connectivity index (χ1v) is 8.61. The zero-order valence-electron chi connectivity index (χ0n) is 11.8. The highest BCUT2D eigenvalue weighted by Gasteiger charge is 2.16. The van der Waals surface area contributed by atoms with Crippen molar-refractivity contribution < 1.29 is 4.79 Å². The fourth-order valence-electron chi connectivity index (χ4n) is 1.94. The summed E-state index contributed by atoms with van der Waals surface area (Å²) in [6.07, 6.45) is 1.90. The molecule has 110 valence electrons. The number of carbonyl (C=O) groups is 1. The number of aromatic nitrogens is 2. The van der Waals surface area contributed by atoms with E-state index in [2.05, 4.69) is 9.37 Å². The second-order valence-corrected chi connectivity index (χ2v) is 5.91. The van der Waals surface area contributed by atoms with Gasteiger partial charge in [-0.1, -0.05) is 48.2 Å². The van der Waals surface area contributed by atoms with Crippen LogP contribution in [-0.2, 0) is 0 Å². The molecule has 0 aliphatic carbocycles. The summed E-state index contributed by atoms with van der Waals surface area (Å²) in [4.78, 5) is 17.9. The van der Waals surface area contributed by atoms with Gasteiger partial charge in [-0.2, -0.15) is 4.37 Å². The number of rotatable bonds is 3. The van der Waals surface area contributed by atoms with Crippen LogP contribution in [-0.4, -0.2) is 21.1 Å². The Labute approximate surface area is 136 Å². The Morgan fingerprint density at radius 1 is 1.09 bits per heavy atom. The summed E-state index contributed by atoms with van der Waals surface area (Å²) in [5.74, 6) is -0.117. The third-order valence-electron chi connectivity index (χ3n) is 2.98. The molecule has 1 heterocycles. The van der Waals surface area contributed by atoms with Crippen LogP contribution in [0.15, 0.2) is 70.8 Å². The van der Waals surface area contributed by atoms with Crippen LogP contribution in [0.3, 0.4) is 0 Å². The van der Waals surface area contributed by atoms with E-state index < -0.39 is 0 Å². The van der Waals surface area contributed by atoms with Gasteiger partial charge in [0.2, 0.25) is 4.80 Å². The van der Waals surface area contributed by atoms with Crippen molar-refractivity contribution in [3.8, 4) is 0 Å². The molecule has 0 saturated carbocycles. The van der Waals surface area contributed by atoms with Gasteiger partial charge in [-0.25, -0.2) is 9.56 Å². The highest BCUT2D eigenvalue weighted by atomic mass is 32.2. The minimum absolute atomic E-state index is 0.117. The smallest absolute Gasteiger partial charge is 0.266 e. The summed E-state index contributed by atoms with van der Waals surface area (Å²) < 4.78 is 5.90. The van der Waals surface area contributed by atoms with Gasteiger partial charge in [-0.3, -0.25) is 4.79 Å². The quantitative estimate of drug-likeness (QED) is 0.691. The standard InChI is InChI=1S/C16H13N3OS2/c1-21-16-18-22-15(17-13-10-6-3-7-11-13)19(16)14(20)12-8-4-2-5-9-12/h2-11H,1H3. The average Bonchev–Trinajstić information content (AvgIpc) is 2.98. The molecular formula is C16H13N3OS2. The predicted molar refractivity (Wildman–Crippen MR) is 89.7 cm³/mol. The van der Waals surface area contributed by atoms with Gasteiger partial charge >= 0.3 is 0 Å². The van der Waals surface area contributed by atoms with Gasteiger partial charge in [0.05, 0.1) is 5.69 Å². The topological polar surface area (TPSA) is 47.2 Å². The van der Waals surface area contributed by atoms with Crippen molar-refractivity contribution in [2.75, 3.05) is 6.26 Å². The van der Waals surface area contributed by atoms with E-state index in [4.69, 9.17) is 0 Å². The van der Waals surface area contributed by atoms with Crippen molar-refractivity contribution in [1.82, 2.24) is 8.94 Å². The van der Waals surface area contributed by atoms with Crippen LogP contribution in [0.5, 0.6) is 0 Å². The number of nitrogens with zero attached hydrogens (tertiary/aromatic N) is 3. The summed E-state index contributed by atoms with van der Waals surface area (Å²) in [5, 5.41) is 0.647. The minimum Gasteiger partial charge on any atom is -0.268 e. The summed E-state index contributed by atoms with van der Waals surface area (Å²) in [6.45, 7) is 0. The molecule has 0 saturated heterocycles. The zero-order valence-corrected chi connectivity index (χ0v) is 13.5. The van der Waals surface area contributed by atoms with Crippen LogP contribution in [0.2, 0.25) is 0 Å². The van der Waals surface area contributed by atoms with Crippen molar-refractivity contribution in [2.45, 2.75) is 5.16 Å². The molecule has 0 aliphatic heterocycles. The number of thioether (sulfide) groups is 1. The Balaban J connectivity index is 2.13. The highest BCUT2D eigenvalue weighted by Crippen LogP contribution is 2.15. The summed E-state index contributed by atoms with van der Waals surface area (Å²) in [5.41, 5.74) is 1.42. The molecule has 0 unspecified atom stereocenters. The fourth-order valence-corrected chi connectivity index (χ4v) is 3.40. The molecular weight excluding hydrogens is 314 g/mol. The lowest BCUT2D eigenvalue weighted by atomic mass is 10.2. The third-order valence-corrected chi connectivity index (χ3v) is 4.43. The summed E-state index contributed by atoms with van der Waals surface area (Å²) in [6, 6.07) is 18.7. The number of hydrogen-bond donors (Lipinski definition) is 0. The first-order chi connectivity index (χ1) is 10.8. The second-order valence-electron chi connectivity index (χ2n) is 4.41. The van der Waals surface area contributed by atoms with Crippen LogP contribution in [0, 0.1) is 0 Å². The summed E-state index contributed by atoms with van der Waals surface area (Å²) in [7, 11) is 0. The molecule has 22 heavy (non-hydrogen) atoms. The van der Waals surface area contributed by atoms with E-state index in [1.54, 1.807) is 16.7 Å². The van der Waals surface area contributed by atoms with Crippen LogP contribution in [0.4, 0.5) is 5.69 Å². The van der Waals surface area contributed by atoms with Gasteiger partial charge in [0.1, 0.15) is 0 Å². The van der Waals surface area contributed by atoms with E-state index in [0.717, 1.165) is 5.69 Å². The van der Waals surface area contributed by atoms with Crippen molar-refractivity contribution in [3.05, 3.63) is 71.0 Å². The van der Waals surface area contributed by atoms with Crippen LogP contribution >= 0.6 is 23.3 Å². The van der Waals surface area contributed by atoms with E-state index >= 15 is 0 Å². The SMILES string of the molecule is CSc1nsc(=Nc2ccccc2)n1C(=O)c1ccccc1. The molecule has 0 aliphatic rings. The molecule has 0 amide bonds. The van der Waals surface area contributed by atoms with Crippen molar-refractivity contribution in [1.29, 1.82) is 0 Å². The number of carbonyl (C=O) groups excluding carboxylic acids is 1. The number of para-hydroxylation sites is 1. The lowest BCUT2D eigenvalue weighted by Crippen LogP contribution is -2.24. The molecule has 3 aromatic rings. The van der Waals surface area contributed by atoms with Crippen LogP contribution in [0.1, 0.15) is 10.4 Å². The molecule has 1 aromatic heterocycles. The highest BCUT2D eigenvalue weighted by molar-refractivity contribution is 7.98. The Morgan fingerprint density at radius 2 is 1.73 bits per heavy atom. The normalized spacial score (nSPS) is 11.6. The lowest BCUT2D eigenvalue weighted by molar-refractivity contribution is 0.0946. The van der Waals surface area contributed by atoms with E-state index in [-0.39, 0.29) is 5.91 Å². The molecule has 0 fully saturated rings. The molecule has 0 spiro atoms. The van der Waals surface area contributed by atoms with Crippen molar-refractivity contribution >= 4 is 34.9 Å². The maximum absolute atomic E-state index is 12.8. The first kappa shape index (κ1) is 14.7. The molecule has 4 nitrogen and oxygen atoms in total. The number of hydrogen-bond acceptors (Lipinski definition) is 5. The second kappa shape index (κ2) is 6.72. The van der Waals surface area contributed by atoms with Gasteiger partial charge in [0.15, 0.2) is 5.16 Å². The van der Waals surface area contributed by atoms with Gasteiger partial charge in [0.25, 0.3) is 5.91 Å². The van der Waals surface area contributed by atoms with E-state index in [1.165, 1.54) is 23.3 Å². The lowest BCUT2D eigenvalue weighted by Gasteiger charge is -2.04. The predicted octanol–water partition coefficient (Wildman–Crippen LogP) is 3.59. The van der Waals surface area contributed by atoms with E-state index in [9.17, 15) is 4.79 Å². The Morgan fingerprint density at radius 3 is 2.36 bits per heavy atom. The Bertz CT molecular complexity index is 839. The molecule has 0 atom stereocenters. The Kier molecular flexibility index (Phi) is 4.50.